The van der Waals surface area contributed by atoms with Crippen LogP contribution in [0, 0.1) is 0 Å². The first-order valence-electron chi connectivity index (χ1n) is 6.97. The number of hydrogen-bond donors (Lipinski definition) is 0. The molecule has 2 nitrogen and oxygen atoms in total. The third-order valence-corrected chi connectivity index (χ3v) is 10.4. The van der Waals surface area contributed by atoms with E-state index < -0.39 is 8.07 Å². The van der Waals surface area contributed by atoms with Crippen molar-refractivity contribution in [1.82, 2.24) is 9.78 Å². The van der Waals surface area contributed by atoms with Crippen LogP contribution in [0.15, 0.2) is 30.5 Å². The molecule has 0 radical (unpaired) electrons. The highest BCUT2D eigenvalue weighted by molar-refractivity contribution is 6.93. The molecular formula is C16H22N2Si. The summed E-state index contributed by atoms with van der Waals surface area (Å²) in [5, 5.41) is 6.49. The predicted molar refractivity (Wildman–Crippen MR) is 83.6 cm³/mol. The molecule has 0 saturated carbocycles. The van der Waals surface area contributed by atoms with Gasteiger partial charge in [-0.1, -0.05) is 58.1 Å². The molecule has 19 heavy (non-hydrogen) atoms. The second-order valence-corrected chi connectivity index (χ2v) is 12.4. The van der Waals surface area contributed by atoms with Gasteiger partial charge in [0.2, 0.25) is 0 Å². The number of hydrogen-bond acceptors (Lipinski definition) is 1. The molecule has 1 aliphatic heterocycles. The third kappa shape index (κ3) is 1.71. The number of benzene rings is 1. The minimum atomic E-state index is -1.54. The molecule has 2 aromatic rings. The Labute approximate surface area is 116 Å². The molecule has 0 saturated heterocycles. The summed E-state index contributed by atoms with van der Waals surface area (Å²) >= 11 is 0. The molecule has 0 atom stereocenters. The Hall–Kier alpha value is -1.35. The smallest absolute Gasteiger partial charge is 0.0908 e. The van der Waals surface area contributed by atoms with Crippen molar-refractivity contribution in [2.75, 3.05) is 0 Å². The van der Waals surface area contributed by atoms with Crippen LogP contribution < -0.4 is 5.19 Å². The van der Waals surface area contributed by atoms with Crippen LogP contribution in [0.1, 0.15) is 26.3 Å². The summed E-state index contributed by atoms with van der Waals surface area (Å²) in [4.78, 5) is 0. The van der Waals surface area contributed by atoms with Gasteiger partial charge in [-0.15, -0.1) is 0 Å². The first-order chi connectivity index (χ1) is 8.82. The van der Waals surface area contributed by atoms with E-state index in [1.165, 1.54) is 22.0 Å². The molecule has 1 aliphatic rings. The second kappa shape index (κ2) is 3.82. The average Bonchev–Trinajstić information content (AvgIpc) is 2.85. The van der Waals surface area contributed by atoms with E-state index in [-0.39, 0.29) is 0 Å². The molecule has 0 bridgehead atoms. The summed E-state index contributed by atoms with van der Waals surface area (Å²) in [6, 6.07) is 8.72. The van der Waals surface area contributed by atoms with Gasteiger partial charge in [-0.05, 0) is 15.8 Å². The van der Waals surface area contributed by atoms with Crippen LogP contribution in [0.4, 0.5) is 0 Å². The largest absolute Gasteiger partial charge is 0.261 e. The summed E-state index contributed by atoms with van der Waals surface area (Å²) in [5.74, 6) is 0. The topological polar surface area (TPSA) is 17.8 Å². The monoisotopic (exact) mass is 270 g/mol. The molecule has 100 valence electrons. The molecule has 3 heteroatoms. The van der Waals surface area contributed by atoms with E-state index in [1.807, 2.05) is 0 Å². The van der Waals surface area contributed by atoms with Crippen molar-refractivity contribution in [3.63, 3.8) is 0 Å². The molecule has 1 aromatic heterocycles. The SMILES string of the molecule is CC(C)(C)[Si](C)(C)c1cnn2c1-c1ccccc1C2. The Bertz CT molecular complexity index is 632. The van der Waals surface area contributed by atoms with Crippen LogP contribution in [0.5, 0.6) is 0 Å². The lowest BCUT2D eigenvalue weighted by Gasteiger charge is -2.36. The second-order valence-electron chi connectivity index (χ2n) is 7.10. The zero-order chi connectivity index (χ0) is 13.8. The van der Waals surface area contributed by atoms with E-state index in [9.17, 15) is 0 Å². The van der Waals surface area contributed by atoms with E-state index in [2.05, 4.69) is 74.1 Å². The highest BCUT2D eigenvalue weighted by Gasteiger charge is 2.41. The van der Waals surface area contributed by atoms with Crippen LogP contribution >= 0.6 is 0 Å². The molecule has 3 rings (SSSR count). The van der Waals surface area contributed by atoms with E-state index >= 15 is 0 Å². The van der Waals surface area contributed by atoms with Crippen molar-refractivity contribution in [3.05, 3.63) is 36.0 Å². The zero-order valence-corrected chi connectivity index (χ0v) is 13.5. The number of nitrogens with zero attached hydrogens (tertiary/aromatic N) is 2. The summed E-state index contributed by atoms with van der Waals surface area (Å²) in [6.45, 7) is 13.0. The van der Waals surface area contributed by atoms with Crippen molar-refractivity contribution in [2.24, 2.45) is 0 Å². The Balaban J connectivity index is 2.20. The van der Waals surface area contributed by atoms with Gasteiger partial charge >= 0.3 is 0 Å². The van der Waals surface area contributed by atoms with Crippen LogP contribution in [0.25, 0.3) is 11.3 Å². The fourth-order valence-corrected chi connectivity index (χ4v) is 4.75. The fourth-order valence-electron chi connectivity index (χ4n) is 2.70. The molecular weight excluding hydrogens is 248 g/mol. The van der Waals surface area contributed by atoms with Crippen LogP contribution in [0.2, 0.25) is 18.1 Å². The quantitative estimate of drug-likeness (QED) is 0.617. The fraction of sp³-hybridized carbons (Fsp3) is 0.438. The number of fused-ring (bicyclic) bond motifs is 3. The molecule has 0 aliphatic carbocycles. The Morgan fingerprint density at radius 2 is 1.84 bits per heavy atom. The van der Waals surface area contributed by atoms with Gasteiger partial charge in [0.1, 0.15) is 0 Å². The molecule has 0 fully saturated rings. The summed E-state index contributed by atoms with van der Waals surface area (Å²) in [7, 11) is -1.54. The highest BCUT2D eigenvalue weighted by atomic mass is 28.3. The lowest BCUT2D eigenvalue weighted by molar-refractivity contribution is 0.720. The van der Waals surface area contributed by atoms with Crippen molar-refractivity contribution >= 4 is 13.3 Å². The molecule has 0 spiro atoms. The Kier molecular flexibility index (Phi) is 2.55. The number of rotatable bonds is 1. The van der Waals surface area contributed by atoms with Crippen LogP contribution in [0.3, 0.4) is 0 Å². The van der Waals surface area contributed by atoms with Gasteiger partial charge in [-0.3, -0.25) is 4.68 Å². The van der Waals surface area contributed by atoms with E-state index in [4.69, 9.17) is 0 Å². The predicted octanol–water partition coefficient (Wildman–Crippen LogP) is 3.63. The average molecular weight is 270 g/mol. The third-order valence-electron chi connectivity index (χ3n) is 4.98. The first kappa shape index (κ1) is 12.7. The van der Waals surface area contributed by atoms with Gasteiger partial charge in [-0.25, -0.2) is 0 Å². The molecule has 0 N–H and O–H groups in total. The van der Waals surface area contributed by atoms with Crippen molar-refractivity contribution < 1.29 is 0 Å². The maximum atomic E-state index is 4.64. The lowest BCUT2D eigenvalue weighted by atomic mass is 10.1. The minimum Gasteiger partial charge on any atom is -0.261 e. The van der Waals surface area contributed by atoms with Crippen molar-refractivity contribution in [2.45, 2.75) is 45.4 Å². The van der Waals surface area contributed by atoms with Gasteiger partial charge in [-0.2, -0.15) is 5.10 Å². The van der Waals surface area contributed by atoms with Gasteiger partial charge < -0.3 is 0 Å². The number of aromatic nitrogens is 2. The normalized spacial score (nSPS) is 14.4. The molecule has 1 aromatic carbocycles. The maximum absolute atomic E-state index is 4.64. The van der Waals surface area contributed by atoms with Gasteiger partial charge in [0.05, 0.1) is 20.3 Å². The van der Waals surface area contributed by atoms with E-state index in [0.29, 0.717) is 5.04 Å². The molecule has 2 heterocycles. The minimum absolute atomic E-state index is 0.342. The highest BCUT2D eigenvalue weighted by Crippen LogP contribution is 2.39. The molecule has 0 unspecified atom stereocenters. The van der Waals surface area contributed by atoms with E-state index in [0.717, 1.165) is 6.54 Å². The Morgan fingerprint density at radius 1 is 1.16 bits per heavy atom. The first-order valence-corrected chi connectivity index (χ1v) is 9.97. The van der Waals surface area contributed by atoms with Crippen LogP contribution in [-0.2, 0) is 6.54 Å². The van der Waals surface area contributed by atoms with E-state index in [1.54, 1.807) is 0 Å². The van der Waals surface area contributed by atoms with Crippen molar-refractivity contribution in [3.8, 4) is 11.3 Å². The van der Waals surface area contributed by atoms with Gasteiger partial charge in [0, 0.05) is 11.8 Å². The van der Waals surface area contributed by atoms with Crippen LogP contribution in [-0.4, -0.2) is 17.9 Å². The standard InChI is InChI=1S/C16H22N2Si/c1-16(2,3)19(4,5)14-10-17-18-11-12-8-6-7-9-13(12)15(14)18/h6-10H,11H2,1-5H3. The molecule has 0 amide bonds. The summed E-state index contributed by atoms with van der Waals surface area (Å²) in [5.41, 5.74) is 4.17. The summed E-state index contributed by atoms with van der Waals surface area (Å²) < 4.78 is 2.18. The van der Waals surface area contributed by atoms with Gasteiger partial charge in [0.15, 0.2) is 0 Å². The lowest BCUT2D eigenvalue weighted by Crippen LogP contribution is -2.49. The maximum Gasteiger partial charge on any atom is 0.0908 e. The van der Waals surface area contributed by atoms with Gasteiger partial charge in [0.25, 0.3) is 0 Å². The zero-order valence-electron chi connectivity index (χ0n) is 12.5. The van der Waals surface area contributed by atoms with Crippen molar-refractivity contribution in [1.29, 1.82) is 0 Å². The summed E-state index contributed by atoms with van der Waals surface area (Å²) in [6.07, 6.45) is 2.13. The Morgan fingerprint density at radius 3 is 2.53 bits per heavy atom.